The molecule has 70 valence electrons. The van der Waals surface area contributed by atoms with Crippen LogP contribution in [0.15, 0.2) is 43.1 Å². The van der Waals surface area contributed by atoms with Crippen LogP contribution in [0.5, 0.6) is 0 Å². The van der Waals surface area contributed by atoms with Crippen molar-refractivity contribution in [2.75, 3.05) is 5.32 Å². The molecule has 0 amide bonds. The number of pyridine rings is 1. The minimum Gasteiger partial charge on any atom is -0.365 e. The average Bonchev–Trinajstić information content (AvgIpc) is 2.29. The van der Waals surface area contributed by atoms with Crippen molar-refractivity contribution in [2.45, 2.75) is 6.54 Å². The Labute approximate surface area is 82.1 Å². The van der Waals surface area contributed by atoms with Crippen molar-refractivity contribution in [1.82, 2.24) is 15.0 Å². The molecule has 14 heavy (non-hydrogen) atoms. The van der Waals surface area contributed by atoms with Crippen molar-refractivity contribution < 1.29 is 0 Å². The first-order valence-electron chi connectivity index (χ1n) is 4.34. The zero-order valence-corrected chi connectivity index (χ0v) is 7.59. The van der Waals surface area contributed by atoms with Gasteiger partial charge < -0.3 is 5.32 Å². The Morgan fingerprint density at radius 2 is 2.00 bits per heavy atom. The smallest absolute Gasteiger partial charge is 0.144 e. The van der Waals surface area contributed by atoms with Crippen LogP contribution < -0.4 is 5.32 Å². The standard InChI is InChI=1S/C10H10N4/c1-2-9(6-11-3-1)7-14-10-8-12-4-5-13-10/h1-6,8H,7H2,(H,13,14). The van der Waals surface area contributed by atoms with Crippen molar-refractivity contribution in [3.05, 3.63) is 48.7 Å². The largest absolute Gasteiger partial charge is 0.365 e. The molecule has 4 heteroatoms. The Morgan fingerprint density at radius 3 is 2.71 bits per heavy atom. The van der Waals surface area contributed by atoms with E-state index in [9.17, 15) is 0 Å². The van der Waals surface area contributed by atoms with Gasteiger partial charge in [0.1, 0.15) is 5.82 Å². The third-order valence-electron chi connectivity index (χ3n) is 1.76. The van der Waals surface area contributed by atoms with E-state index in [1.54, 1.807) is 24.8 Å². The number of anilines is 1. The van der Waals surface area contributed by atoms with Gasteiger partial charge in [-0.15, -0.1) is 0 Å². The van der Waals surface area contributed by atoms with Gasteiger partial charge in [0.05, 0.1) is 6.20 Å². The molecule has 0 unspecified atom stereocenters. The van der Waals surface area contributed by atoms with Gasteiger partial charge in [0, 0.05) is 31.3 Å². The van der Waals surface area contributed by atoms with E-state index >= 15 is 0 Å². The first-order valence-corrected chi connectivity index (χ1v) is 4.34. The van der Waals surface area contributed by atoms with Crippen LogP contribution in [0, 0.1) is 0 Å². The zero-order valence-electron chi connectivity index (χ0n) is 7.59. The van der Waals surface area contributed by atoms with Crippen LogP contribution in [0.25, 0.3) is 0 Å². The molecule has 2 heterocycles. The molecular weight excluding hydrogens is 176 g/mol. The van der Waals surface area contributed by atoms with E-state index in [0.29, 0.717) is 6.54 Å². The minimum absolute atomic E-state index is 0.715. The number of nitrogens with zero attached hydrogens (tertiary/aromatic N) is 3. The highest BCUT2D eigenvalue weighted by Crippen LogP contribution is 2.01. The van der Waals surface area contributed by atoms with E-state index in [1.807, 2.05) is 18.3 Å². The maximum absolute atomic E-state index is 4.10. The molecule has 0 aliphatic heterocycles. The SMILES string of the molecule is c1cncc(CNc2cnccn2)c1. The summed E-state index contributed by atoms with van der Waals surface area (Å²) in [6, 6.07) is 3.92. The molecule has 0 bridgehead atoms. The summed E-state index contributed by atoms with van der Waals surface area (Å²) in [4.78, 5) is 12.1. The fraction of sp³-hybridized carbons (Fsp3) is 0.100. The lowest BCUT2D eigenvalue weighted by atomic mass is 10.3. The highest BCUT2D eigenvalue weighted by molar-refractivity contribution is 5.31. The van der Waals surface area contributed by atoms with Crippen LogP contribution >= 0.6 is 0 Å². The Kier molecular flexibility index (Phi) is 2.66. The Hall–Kier alpha value is -1.97. The summed E-state index contributed by atoms with van der Waals surface area (Å²) >= 11 is 0. The van der Waals surface area contributed by atoms with E-state index < -0.39 is 0 Å². The molecule has 0 saturated carbocycles. The molecule has 0 atom stereocenters. The number of hydrogen-bond donors (Lipinski definition) is 1. The van der Waals surface area contributed by atoms with Gasteiger partial charge in [0.2, 0.25) is 0 Å². The molecule has 0 saturated heterocycles. The summed E-state index contributed by atoms with van der Waals surface area (Å²) in [5.74, 6) is 0.774. The second kappa shape index (κ2) is 4.32. The summed E-state index contributed by atoms with van der Waals surface area (Å²) in [6.07, 6.45) is 8.58. The number of rotatable bonds is 3. The van der Waals surface area contributed by atoms with E-state index in [-0.39, 0.29) is 0 Å². The third kappa shape index (κ3) is 2.26. The maximum atomic E-state index is 4.10. The molecule has 0 aliphatic carbocycles. The summed E-state index contributed by atoms with van der Waals surface area (Å²) < 4.78 is 0. The molecule has 2 aromatic rings. The summed E-state index contributed by atoms with van der Waals surface area (Å²) in [7, 11) is 0. The van der Waals surface area contributed by atoms with Gasteiger partial charge in [-0.1, -0.05) is 6.07 Å². The van der Waals surface area contributed by atoms with Gasteiger partial charge in [-0.3, -0.25) is 9.97 Å². The summed E-state index contributed by atoms with van der Waals surface area (Å²) in [6.45, 7) is 0.715. The van der Waals surface area contributed by atoms with Crippen molar-refractivity contribution in [2.24, 2.45) is 0 Å². The van der Waals surface area contributed by atoms with E-state index in [2.05, 4.69) is 20.3 Å². The lowest BCUT2D eigenvalue weighted by Crippen LogP contribution is -2.01. The monoisotopic (exact) mass is 186 g/mol. The second-order valence-electron chi connectivity index (χ2n) is 2.81. The molecule has 0 spiro atoms. The predicted molar refractivity (Wildman–Crippen MR) is 53.6 cm³/mol. The fourth-order valence-electron chi connectivity index (χ4n) is 1.09. The van der Waals surface area contributed by atoms with Crippen molar-refractivity contribution in [3.63, 3.8) is 0 Å². The molecule has 1 N–H and O–H groups in total. The highest BCUT2D eigenvalue weighted by atomic mass is 15.0. The van der Waals surface area contributed by atoms with Gasteiger partial charge in [-0.2, -0.15) is 0 Å². The van der Waals surface area contributed by atoms with Gasteiger partial charge in [0.15, 0.2) is 0 Å². The van der Waals surface area contributed by atoms with E-state index in [0.717, 1.165) is 11.4 Å². The van der Waals surface area contributed by atoms with Crippen LogP contribution in [0.3, 0.4) is 0 Å². The van der Waals surface area contributed by atoms with Gasteiger partial charge in [-0.25, -0.2) is 4.98 Å². The summed E-state index contributed by atoms with van der Waals surface area (Å²) in [5.41, 5.74) is 1.12. The fourth-order valence-corrected chi connectivity index (χ4v) is 1.09. The second-order valence-corrected chi connectivity index (χ2v) is 2.81. The van der Waals surface area contributed by atoms with Gasteiger partial charge in [-0.05, 0) is 11.6 Å². The van der Waals surface area contributed by atoms with E-state index in [4.69, 9.17) is 0 Å². The van der Waals surface area contributed by atoms with Gasteiger partial charge in [0.25, 0.3) is 0 Å². The first kappa shape index (κ1) is 8.62. The van der Waals surface area contributed by atoms with Gasteiger partial charge >= 0.3 is 0 Å². The molecule has 0 aliphatic rings. The highest BCUT2D eigenvalue weighted by Gasteiger charge is 1.93. The molecule has 4 nitrogen and oxygen atoms in total. The molecule has 0 aromatic carbocycles. The quantitative estimate of drug-likeness (QED) is 0.788. The van der Waals surface area contributed by atoms with Crippen molar-refractivity contribution in [3.8, 4) is 0 Å². The minimum atomic E-state index is 0.715. The molecule has 0 radical (unpaired) electrons. The Balaban J connectivity index is 1.96. The topological polar surface area (TPSA) is 50.7 Å². The Bertz CT molecular complexity index is 334. The lowest BCUT2D eigenvalue weighted by Gasteiger charge is -2.03. The lowest BCUT2D eigenvalue weighted by molar-refractivity contribution is 1.07. The third-order valence-corrected chi connectivity index (χ3v) is 1.76. The maximum Gasteiger partial charge on any atom is 0.144 e. The number of hydrogen-bond acceptors (Lipinski definition) is 4. The van der Waals surface area contributed by atoms with Crippen LogP contribution in [0.4, 0.5) is 5.82 Å². The molecule has 2 aromatic heterocycles. The summed E-state index contributed by atoms with van der Waals surface area (Å²) in [5, 5.41) is 3.15. The van der Waals surface area contributed by atoms with Crippen molar-refractivity contribution in [1.29, 1.82) is 0 Å². The van der Waals surface area contributed by atoms with Crippen LogP contribution in [-0.4, -0.2) is 15.0 Å². The molecule has 2 rings (SSSR count). The van der Waals surface area contributed by atoms with Crippen LogP contribution in [0.2, 0.25) is 0 Å². The number of aromatic nitrogens is 3. The van der Waals surface area contributed by atoms with Crippen LogP contribution in [0.1, 0.15) is 5.56 Å². The molecule has 0 fully saturated rings. The van der Waals surface area contributed by atoms with Crippen LogP contribution in [-0.2, 0) is 6.54 Å². The first-order chi connectivity index (χ1) is 6.95. The molecular formula is C10H10N4. The Morgan fingerprint density at radius 1 is 1.07 bits per heavy atom. The average molecular weight is 186 g/mol. The normalized spacial score (nSPS) is 9.71. The van der Waals surface area contributed by atoms with Crippen molar-refractivity contribution >= 4 is 5.82 Å². The van der Waals surface area contributed by atoms with E-state index in [1.165, 1.54) is 0 Å². The number of nitrogens with one attached hydrogen (secondary N) is 1. The predicted octanol–water partition coefficient (Wildman–Crippen LogP) is 1.48. The zero-order chi connectivity index (χ0) is 9.64.